The molecule has 0 aromatic rings. The summed E-state index contributed by atoms with van der Waals surface area (Å²) in [6.45, 7) is 17.8. The average Bonchev–Trinajstić information content (AvgIpc) is 2.53. The molecule has 0 fully saturated rings. The Balaban J connectivity index is 3.22. The Hall–Kier alpha value is -0.690. The van der Waals surface area contributed by atoms with Gasteiger partial charge in [-0.15, -0.1) is 0 Å². The van der Waals surface area contributed by atoms with Crippen LogP contribution in [0.3, 0.4) is 0 Å². The predicted molar refractivity (Wildman–Crippen MR) is 107 cm³/mol. The third-order valence-corrected chi connectivity index (χ3v) is 3.68. The molecule has 6 nitrogen and oxygen atoms in total. The fourth-order valence-corrected chi connectivity index (χ4v) is 1.84. The van der Waals surface area contributed by atoms with E-state index in [-0.39, 0.29) is 17.8 Å². The summed E-state index contributed by atoms with van der Waals surface area (Å²) in [5.41, 5.74) is 0.487. The van der Waals surface area contributed by atoms with E-state index in [0.717, 1.165) is 19.4 Å². The molecule has 0 rings (SSSR count). The third kappa shape index (κ3) is 23.3. The molecule has 0 aliphatic carbocycles. The highest BCUT2D eigenvalue weighted by molar-refractivity contribution is 5.69. The molecular formula is C21H42O6. The van der Waals surface area contributed by atoms with Crippen LogP contribution in [0.25, 0.3) is 0 Å². The number of hydrogen-bond acceptors (Lipinski definition) is 6. The summed E-state index contributed by atoms with van der Waals surface area (Å²) in [7, 11) is 0. The molecule has 0 aliphatic heterocycles. The molecule has 0 unspecified atom stereocenters. The van der Waals surface area contributed by atoms with Crippen LogP contribution in [-0.4, -0.2) is 65.4 Å². The van der Waals surface area contributed by atoms with Gasteiger partial charge < -0.3 is 23.7 Å². The number of hydrogen-bond donors (Lipinski definition) is 0. The van der Waals surface area contributed by atoms with Gasteiger partial charge in [-0.3, -0.25) is 4.79 Å². The second kappa shape index (κ2) is 15.3. The largest absolute Gasteiger partial charge is 0.466 e. The monoisotopic (exact) mass is 390 g/mol. The lowest BCUT2D eigenvalue weighted by Crippen LogP contribution is -2.15. The standard InChI is InChI=1S/C21H42O6/c1-20(2,3)8-11-24-14-16-26-18-17-25-15-13-23-10-7-19(22)27-12-9-21(4,5)6/h7-18H2,1-6H3. The zero-order valence-corrected chi connectivity index (χ0v) is 18.4. The first-order valence-electron chi connectivity index (χ1n) is 10.1. The number of esters is 1. The first-order valence-corrected chi connectivity index (χ1v) is 10.1. The van der Waals surface area contributed by atoms with Gasteiger partial charge in [0.2, 0.25) is 0 Å². The van der Waals surface area contributed by atoms with Gasteiger partial charge in [-0.2, -0.15) is 0 Å². The van der Waals surface area contributed by atoms with Crippen molar-refractivity contribution in [3.05, 3.63) is 0 Å². The Labute approximate surface area is 166 Å². The zero-order chi connectivity index (χ0) is 20.6. The second-order valence-electron chi connectivity index (χ2n) is 9.04. The van der Waals surface area contributed by atoms with Gasteiger partial charge in [-0.25, -0.2) is 0 Å². The molecule has 27 heavy (non-hydrogen) atoms. The van der Waals surface area contributed by atoms with E-state index in [4.69, 9.17) is 23.7 Å². The minimum Gasteiger partial charge on any atom is -0.466 e. The summed E-state index contributed by atoms with van der Waals surface area (Å²) in [5, 5.41) is 0. The van der Waals surface area contributed by atoms with Crippen molar-refractivity contribution in [2.45, 2.75) is 60.8 Å². The Morgan fingerprint density at radius 2 is 0.926 bits per heavy atom. The van der Waals surface area contributed by atoms with Crippen molar-refractivity contribution >= 4 is 5.97 Å². The van der Waals surface area contributed by atoms with E-state index in [1.807, 2.05) is 0 Å². The van der Waals surface area contributed by atoms with Gasteiger partial charge in [-0.1, -0.05) is 41.5 Å². The van der Waals surface area contributed by atoms with Gasteiger partial charge in [0.1, 0.15) is 0 Å². The van der Waals surface area contributed by atoms with Crippen LogP contribution in [0, 0.1) is 10.8 Å². The molecule has 0 atom stereocenters. The molecule has 0 amide bonds. The van der Waals surface area contributed by atoms with Crippen LogP contribution >= 0.6 is 0 Å². The Morgan fingerprint density at radius 3 is 1.37 bits per heavy atom. The highest BCUT2D eigenvalue weighted by atomic mass is 16.6. The van der Waals surface area contributed by atoms with Crippen LogP contribution in [0.4, 0.5) is 0 Å². The minimum atomic E-state index is -0.210. The summed E-state index contributed by atoms with van der Waals surface area (Å²) in [6, 6.07) is 0. The fourth-order valence-electron chi connectivity index (χ4n) is 1.84. The lowest BCUT2D eigenvalue weighted by molar-refractivity contribution is -0.145. The smallest absolute Gasteiger partial charge is 0.308 e. The van der Waals surface area contributed by atoms with Crippen molar-refractivity contribution in [3.8, 4) is 0 Å². The molecule has 0 aromatic heterocycles. The topological polar surface area (TPSA) is 63.2 Å². The summed E-state index contributed by atoms with van der Waals surface area (Å²) >= 11 is 0. The molecule has 0 heterocycles. The first-order chi connectivity index (χ1) is 12.6. The van der Waals surface area contributed by atoms with Crippen molar-refractivity contribution in [3.63, 3.8) is 0 Å². The molecule has 0 aromatic carbocycles. The molecular weight excluding hydrogens is 348 g/mol. The highest BCUT2D eigenvalue weighted by Crippen LogP contribution is 2.18. The molecule has 0 spiro atoms. The summed E-state index contributed by atoms with van der Waals surface area (Å²) in [4.78, 5) is 11.5. The molecule has 0 saturated carbocycles. The lowest BCUT2D eigenvalue weighted by Gasteiger charge is -2.17. The maximum atomic E-state index is 11.5. The van der Waals surface area contributed by atoms with Crippen molar-refractivity contribution in [2.75, 3.05) is 59.5 Å². The molecule has 0 saturated heterocycles. The van der Waals surface area contributed by atoms with E-state index in [1.54, 1.807) is 0 Å². The van der Waals surface area contributed by atoms with Crippen molar-refractivity contribution < 1.29 is 28.5 Å². The van der Waals surface area contributed by atoms with Crippen molar-refractivity contribution in [2.24, 2.45) is 10.8 Å². The van der Waals surface area contributed by atoms with Crippen LogP contribution < -0.4 is 0 Å². The minimum absolute atomic E-state index is 0.178. The SMILES string of the molecule is CC(C)(C)CCOCCOCCOCCOCCC(=O)OCCC(C)(C)C. The van der Waals surface area contributed by atoms with E-state index >= 15 is 0 Å². The van der Waals surface area contributed by atoms with Crippen molar-refractivity contribution in [1.82, 2.24) is 0 Å². The van der Waals surface area contributed by atoms with Gasteiger partial charge in [0.15, 0.2) is 0 Å². The number of ether oxygens (including phenoxy) is 5. The average molecular weight is 391 g/mol. The van der Waals surface area contributed by atoms with E-state index < -0.39 is 0 Å². The quantitative estimate of drug-likeness (QED) is 0.295. The Morgan fingerprint density at radius 1 is 0.556 bits per heavy atom. The van der Waals surface area contributed by atoms with Gasteiger partial charge >= 0.3 is 5.97 Å². The van der Waals surface area contributed by atoms with Crippen LogP contribution in [0.15, 0.2) is 0 Å². The van der Waals surface area contributed by atoms with Gasteiger partial charge in [0.25, 0.3) is 0 Å². The van der Waals surface area contributed by atoms with Crippen LogP contribution in [0.2, 0.25) is 0 Å². The molecule has 0 radical (unpaired) electrons. The predicted octanol–water partition coefficient (Wildman–Crippen LogP) is 3.86. The van der Waals surface area contributed by atoms with E-state index in [2.05, 4.69) is 41.5 Å². The number of carbonyl (C=O) groups excluding carboxylic acids is 1. The molecule has 162 valence electrons. The van der Waals surface area contributed by atoms with E-state index in [0.29, 0.717) is 58.3 Å². The molecule has 0 aliphatic rings. The fraction of sp³-hybridized carbons (Fsp3) is 0.952. The lowest BCUT2D eigenvalue weighted by atomic mass is 9.93. The summed E-state index contributed by atoms with van der Waals surface area (Å²) in [6.07, 6.45) is 2.19. The first kappa shape index (κ1) is 26.3. The second-order valence-corrected chi connectivity index (χ2v) is 9.04. The highest BCUT2D eigenvalue weighted by Gasteiger charge is 2.11. The number of carbonyl (C=O) groups is 1. The Bertz CT molecular complexity index is 357. The van der Waals surface area contributed by atoms with Crippen LogP contribution in [0.1, 0.15) is 60.8 Å². The summed E-state index contributed by atoms with van der Waals surface area (Å²) < 4.78 is 26.9. The van der Waals surface area contributed by atoms with Gasteiger partial charge in [0, 0.05) is 6.61 Å². The molecule has 6 heteroatoms. The van der Waals surface area contributed by atoms with Crippen LogP contribution in [0.5, 0.6) is 0 Å². The third-order valence-electron chi connectivity index (χ3n) is 3.68. The zero-order valence-electron chi connectivity index (χ0n) is 18.4. The summed E-state index contributed by atoms with van der Waals surface area (Å²) in [5.74, 6) is -0.210. The van der Waals surface area contributed by atoms with E-state index in [1.165, 1.54) is 0 Å². The maximum Gasteiger partial charge on any atom is 0.308 e. The van der Waals surface area contributed by atoms with Gasteiger partial charge in [0.05, 0.1) is 59.3 Å². The Kier molecular flexibility index (Phi) is 14.9. The van der Waals surface area contributed by atoms with Crippen molar-refractivity contribution in [1.29, 1.82) is 0 Å². The van der Waals surface area contributed by atoms with E-state index in [9.17, 15) is 4.79 Å². The maximum absolute atomic E-state index is 11.5. The van der Waals surface area contributed by atoms with Gasteiger partial charge in [-0.05, 0) is 23.7 Å². The molecule has 0 bridgehead atoms. The van der Waals surface area contributed by atoms with Crippen LogP contribution in [-0.2, 0) is 28.5 Å². The number of rotatable bonds is 16. The molecule has 0 N–H and O–H groups in total. The normalized spacial score (nSPS) is 12.4.